The fourth-order valence-electron chi connectivity index (χ4n) is 1.75. The Balaban J connectivity index is 2.03. The van der Waals surface area contributed by atoms with Crippen LogP contribution < -0.4 is 5.32 Å². The molecule has 1 aliphatic rings. The lowest BCUT2D eigenvalue weighted by molar-refractivity contribution is -0.139. The van der Waals surface area contributed by atoms with Gasteiger partial charge in [0.1, 0.15) is 0 Å². The average molecular weight is 266 g/mol. The molecule has 1 aromatic rings. The van der Waals surface area contributed by atoms with Crippen molar-refractivity contribution < 1.29 is 14.7 Å². The van der Waals surface area contributed by atoms with E-state index in [9.17, 15) is 9.59 Å². The zero-order valence-electron chi connectivity index (χ0n) is 9.70. The molecule has 0 bridgehead atoms. The summed E-state index contributed by atoms with van der Waals surface area (Å²) in [6, 6.07) is 2.18. The van der Waals surface area contributed by atoms with Crippen LogP contribution in [0.5, 0.6) is 0 Å². The number of hydrogen-bond acceptors (Lipinski definition) is 3. The van der Waals surface area contributed by atoms with E-state index in [2.05, 4.69) is 5.32 Å². The molecule has 0 radical (unpaired) electrons. The van der Waals surface area contributed by atoms with Crippen molar-refractivity contribution in [3.63, 3.8) is 0 Å². The lowest BCUT2D eigenvalue weighted by atomic mass is 10.2. The molecule has 0 aromatic carbocycles. The second kappa shape index (κ2) is 5.68. The van der Waals surface area contributed by atoms with E-state index in [1.807, 2.05) is 12.2 Å². The van der Waals surface area contributed by atoms with Gasteiger partial charge in [-0.15, -0.1) is 11.3 Å². The van der Waals surface area contributed by atoms with Crippen LogP contribution in [0.1, 0.15) is 17.3 Å². The van der Waals surface area contributed by atoms with E-state index < -0.39 is 12.0 Å². The van der Waals surface area contributed by atoms with Gasteiger partial charge >= 0.3 is 12.0 Å². The van der Waals surface area contributed by atoms with Crippen molar-refractivity contribution in [3.8, 4) is 0 Å². The number of aliphatic carboxylic acids is 1. The molecule has 5 nitrogen and oxygen atoms in total. The van der Waals surface area contributed by atoms with Gasteiger partial charge in [0.05, 0.1) is 0 Å². The van der Waals surface area contributed by atoms with Crippen LogP contribution in [0.4, 0.5) is 4.79 Å². The highest BCUT2D eigenvalue weighted by Gasteiger charge is 2.25. The van der Waals surface area contributed by atoms with Gasteiger partial charge in [0.25, 0.3) is 0 Å². The maximum Gasteiger partial charge on any atom is 0.331 e. The number of thiophene rings is 1. The van der Waals surface area contributed by atoms with E-state index in [1.165, 1.54) is 11.3 Å². The molecule has 1 aromatic heterocycles. The third kappa shape index (κ3) is 2.89. The third-order valence-corrected chi connectivity index (χ3v) is 3.62. The van der Waals surface area contributed by atoms with Gasteiger partial charge < -0.3 is 15.3 Å². The standard InChI is InChI=1S/C12H14N2O3S/c15-11(16)10(9-5-4-8-18-9)13-12(17)14-6-2-1-3-7-14/h1-2,4-5,8,10H,3,6-7H2,(H,13,17)(H,15,16). The Hall–Kier alpha value is -1.82. The first kappa shape index (κ1) is 12.6. The smallest absolute Gasteiger partial charge is 0.331 e. The van der Waals surface area contributed by atoms with Crippen molar-refractivity contribution in [2.45, 2.75) is 12.5 Å². The Morgan fingerprint density at radius 2 is 2.28 bits per heavy atom. The van der Waals surface area contributed by atoms with Gasteiger partial charge in [-0.1, -0.05) is 18.2 Å². The highest BCUT2D eigenvalue weighted by atomic mass is 32.1. The summed E-state index contributed by atoms with van der Waals surface area (Å²) in [7, 11) is 0. The number of carboxylic acids is 1. The predicted octanol–water partition coefficient (Wildman–Crippen LogP) is 1.85. The minimum Gasteiger partial charge on any atom is -0.479 e. The van der Waals surface area contributed by atoms with Crippen molar-refractivity contribution in [1.29, 1.82) is 0 Å². The molecule has 1 unspecified atom stereocenters. The van der Waals surface area contributed by atoms with Crippen molar-refractivity contribution in [2.75, 3.05) is 13.1 Å². The summed E-state index contributed by atoms with van der Waals surface area (Å²) in [5, 5.41) is 13.5. The quantitative estimate of drug-likeness (QED) is 0.820. The number of amides is 2. The number of nitrogens with one attached hydrogen (secondary N) is 1. The largest absolute Gasteiger partial charge is 0.479 e. The van der Waals surface area contributed by atoms with Crippen LogP contribution in [-0.2, 0) is 4.79 Å². The minimum absolute atomic E-state index is 0.333. The zero-order valence-corrected chi connectivity index (χ0v) is 10.5. The first-order chi connectivity index (χ1) is 8.68. The molecule has 1 atom stereocenters. The van der Waals surface area contributed by atoms with Crippen molar-refractivity contribution in [3.05, 3.63) is 34.5 Å². The molecule has 18 heavy (non-hydrogen) atoms. The first-order valence-electron chi connectivity index (χ1n) is 5.65. The summed E-state index contributed by atoms with van der Waals surface area (Å²) in [6.07, 6.45) is 4.73. The van der Waals surface area contributed by atoms with Gasteiger partial charge in [0, 0.05) is 18.0 Å². The molecule has 1 aliphatic heterocycles. The van der Waals surface area contributed by atoms with Crippen LogP contribution >= 0.6 is 11.3 Å². The van der Waals surface area contributed by atoms with E-state index in [4.69, 9.17) is 5.11 Å². The lowest BCUT2D eigenvalue weighted by Gasteiger charge is -2.25. The first-order valence-corrected chi connectivity index (χ1v) is 6.53. The van der Waals surface area contributed by atoms with Gasteiger partial charge in [0.2, 0.25) is 0 Å². The second-order valence-corrected chi connectivity index (χ2v) is 4.92. The van der Waals surface area contributed by atoms with Gasteiger partial charge in [-0.2, -0.15) is 0 Å². The summed E-state index contributed by atoms with van der Waals surface area (Å²) in [6.45, 7) is 1.15. The van der Waals surface area contributed by atoms with Gasteiger partial charge in [-0.3, -0.25) is 0 Å². The normalized spacial score (nSPS) is 16.3. The Morgan fingerprint density at radius 3 is 2.83 bits per heavy atom. The SMILES string of the molecule is O=C(O)C(NC(=O)N1CC=CCC1)c1cccs1. The molecule has 96 valence electrons. The fraction of sp³-hybridized carbons (Fsp3) is 0.333. The molecule has 0 saturated carbocycles. The Kier molecular flexibility index (Phi) is 3.99. The average Bonchev–Trinajstić information content (AvgIpc) is 2.90. The van der Waals surface area contributed by atoms with Gasteiger partial charge in [0.15, 0.2) is 6.04 Å². The lowest BCUT2D eigenvalue weighted by Crippen LogP contribution is -2.44. The molecule has 2 N–H and O–H groups in total. The number of carbonyl (C=O) groups is 2. The second-order valence-electron chi connectivity index (χ2n) is 3.94. The summed E-state index contributed by atoms with van der Waals surface area (Å²) in [5.74, 6) is -1.04. The van der Waals surface area contributed by atoms with E-state index in [1.54, 1.807) is 22.4 Å². The van der Waals surface area contributed by atoms with Crippen LogP contribution in [0.15, 0.2) is 29.7 Å². The van der Waals surface area contributed by atoms with Gasteiger partial charge in [-0.05, 0) is 17.9 Å². The number of carbonyl (C=O) groups excluding carboxylic acids is 1. The van der Waals surface area contributed by atoms with Crippen LogP contribution in [0, 0.1) is 0 Å². The van der Waals surface area contributed by atoms with Crippen LogP contribution in [0.2, 0.25) is 0 Å². The highest BCUT2D eigenvalue weighted by Crippen LogP contribution is 2.19. The number of hydrogen-bond donors (Lipinski definition) is 2. The van der Waals surface area contributed by atoms with E-state index in [0.717, 1.165) is 6.42 Å². The Morgan fingerprint density at radius 1 is 1.44 bits per heavy atom. The highest BCUT2D eigenvalue weighted by molar-refractivity contribution is 7.10. The van der Waals surface area contributed by atoms with Crippen LogP contribution in [-0.4, -0.2) is 35.1 Å². The van der Waals surface area contributed by atoms with Gasteiger partial charge in [-0.25, -0.2) is 9.59 Å². The third-order valence-electron chi connectivity index (χ3n) is 2.69. The van der Waals surface area contributed by atoms with Crippen molar-refractivity contribution in [2.24, 2.45) is 0 Å². The summed E-state index contributed by atoms with van der Waals surface area (Å²) >= 11 is 1.32. The molecular formula is C12H14N2O3S. The van der Waals surface area contributed by atoms with Crippen molar-refractivity contribution >= 4 is 23.3 Å². The fourth-order valence-corrected chi connectivity index (χ4v) is 2.52. The number of nitrogens with zero attached hydrogens (tertiary/aromatic N) is 1. The summed E-state index contributed by atoms with van der Waals surface area (Å²) in [4.78, 5) is 25.3. The monoisotopic (exact) mass is 266 g/mol. The molecule has 2 heterocycles. The summed E-state index contributed by atoms with van der Waals surface area (Å²) in [5.41, 5.74) is 0. The molecule has 2 rings (SSSR count). The molecule has 0 fully saturated rings. The molecule has 2 amide bonds. The molecule has 0 aliphatic carbocycles. The molecule has 0 saturated heterocycles. The van der Waals surface area contributed by atoms with Crippen LogP contribution in [0.3, 0.4) is 0 Å². The molecule has 0 spiro atoms. The van der Waals surface area contributed by atoms with E-state index in [-0.39, 0.29) is 6.03 Å². The van der Waals surface area contributed by atoms with E-state index in [0.29, 0.717) is 18.0 Å². The zero-order chi connectivity index (χ0) is 13.0. The number of rotatable bonds is 3. The maximum atomic E-state index is 11.9. The minimum atomic E-state index is -1.04. The molecule has 6 heteroatoms. The van der Waals surface area contributed by atoms with E-state index >= 15 is 0 Å². The maximum absolute atomic E-state index is 11.9. The molecular weight excluding hydrogens is 252 g/mol. The number of urea groups is 1. The Labute approximate surface area is 109 Å². The number of carboxylic acid groups (broad SMARTS) is 1. The summed E-state index contributed by atoms with van der Waals surface area (Å²) < 4.78 is 0. The Bertz CT molecular complexity index is 456. The topological polar surface area (TPSA) is 69.6 Å². The van der Waals surface area contributed by atoms with Crippen molar-refractivity contribution in [1.82, 2.24) is 10.2 Å². The predicted molar refractivity (Wildman–Crippen MR) is 68.6 cm³/mol. The van der Waals surface area contributed by atoms with Crippen LogP contribution in [0.25, 0.3) is 0 Å².